The number of hydrogen-bond acceptors (Lipinski definition) is 3. The zero-order chi connectivity index (χ0) is 33.3. The second kappa shape index (κ2) is 12.8. The van der Waals surface area contributed by atoms with Crippen molar-refractivity contribution >= 4 is 56.1 Å². The number of hydrogen-bond donors (Lipinski definition) is 0. The highest BCUT2D eigenvalue weighted by Gasteiger charge is 2.37. The van der Waals surface area contributed by atoms with Crippen molar-refractivity contribution in [2.24, 2.45) is 0 Å². The SMILES string of the molecule is c1ccc(N(c2ccccc2)c2ccc(C3(c4ccc(N(c5ccccc5)c5ccc6oc7ccccc7c6c5)cc4)CCCC3)cc2)cc1. The van der Waals surface area contributed by atoms with Crippen LogP contribution in [0, 0.1) is 0 Å². The molecule has 7 aromatic carbocycles. The summed E-state index contributed by atoms with van der Waals surface area (Å²) in [5, 5.41) is 2.26. The molecule has 50 heavy (non-hydrogen) atoms. The quantitative estimate of drug-likeness (QED) is 0.164. The van der Waals surface area contributed by atoms with Gasteiger partial charge in [0, 0.05) is 50.3 Å². The third kappa shape index (κ3) is 5.32. The standard InChI is InChI=1S/C47H38N2O/c1-4-14-37(15-5-1)48(38-16-6-2-7-17-38)40-26-22-35(23-27-40)47(32-12-13-33-47)36-24-28-41(29-25-36)49(39-18-8-3-9-19-39)42-30-31-46-44(34-42)43-20-10-11-21-45(43)50-46/h1-11,14-31,34H,12-13,32-33H2. The van der Waals surface area contributed by atoms with Gasteiger partial charge in [0.2, 0.25) is 0 Å². The highest BCUT2D eigenvalue weighted by molar-refractivity contribution is 6.06. The summed E-state index contributed by atoms with van der Waals surface area (Å²) in [4.78, 5) is 4.69. The van der Waals surface area contributed by atoms with Gasteiger partial charge in [0.05, 0.1) is 0 Å². The van der Waals surface area contributed by atoms with Crippen molar-refractivity contribution < 1.29 is 4.42 Å². The molecule has 0 bridgehead atoms. The molecule has 3 heteroatoms. The van der Waals surface area contributed by atoms with Gasteiger partial charge in [-0.3, -0.25) is 0 Å². The second-order valence-electron chi connectivity index (χ2n) is 13.3. The predicted molar refractivity (Wildman–Crippen MR) is 209 cm³/mol. The molecule has 1 aromatic heterocycles. The van der Waals surface area contributed by atoms with Crippen LogP contribution in [0.4, 0.5) is 34.1 Å². The Balaban J connectivity index is 1.08. The fourth-order valence-electron chi connectivity index (χ4n) is 8.06. The lowest BCUT2D eigenvalue weighted by Gasteiger charge is -2.33. The van der Waals surface area contributed by atoms with Gasteiger partial charge in [0.1, 0.15) is 11.2 Å². The van der Waals surface area contributed by atoms with Crippen LogP contribution in [0.15, 0.2) is 186 Å². The summed E-state index contributed by atoms with van der Waals surface area (Å²) in [5.41, 5.74) is 11.4. The molecule has 1 aliphatic carbocycles. The second-order valence-corrected chi connectivity index (χ2v) is 13.3. The third-order valence-electron chi connectivity index (χ3n) is 10.5. The number of nitrogens with zero attached hydrogens (tertiary/aromatic N) is 2. The monoisotopic (exact) mass is 646 g/mol. The number of furan rings is 1. The zero-order valence-electron chi connectivity index (χ0n) is 28.0. The Morgan fingerprint density at radius 1 is 0.360 bits per heavy atom. The zero-order valence-corrected chi connectivity index (χ0v) is 28.0. The van der Waals surface area contributed by atoms with Gasteiger partial charge in [0.15, 0.2) is 0 Å². The lowest BCUT2D eigenvalue weighted by molar-refractivity contribution is 0.535. The van der Waals surface area contributed by atoms with Crippen LogP contribution in [0.3, 0.4) is 0 Å². The predicted octanol–water partition coefficient (Wildman–Crippen LogP) is 13.4. The largest absolute Gasteiger partial charge is 0.456 e. The molecule has 1 fully saturated rings. The minimum Gasteiger partial charge on any atom is -0.456 e. The first-order chi connectivity index (χ1) is 24.8. The molecule has 1 aliphatic rings. The first kappa shape index (κ1) is 30.0. The molecular weight excluding hydrogens is 609 g/mol. The molecule has 0 saturated heterocycles. The van der Waals surface area contributed by atoms with Gasteiger partial charge in [-0.1, -0.05) is 110 Å². The number of para-hydroxylation sites is 4. The highest BCUT2D eigenvalue weighted by atomic mass is 16.3. The van der Waals surface area contributed by atoms with E-state index in [-0.39, 0.29) is 5.41 Å². The normalized spacial score (nSPS) is 13.8. The summed E-state index contributed by atoms with van der Waals surface area (Å²) in [7, 11) is 0. The van der Waals surface area contributed by atoms with E-state index in [9.17, 15) is 0 Å². The minimum absolute atomic E-state index is 0.00637. The molecule has 0 aliphatic heterocycles. The summed E-state index contributed by atoms with van der Waals surface area (Å²) in [6.07, 6.45) is 4.77. The Morgan fingerprint density at radius 2 is 0.760 bits per heavy atom. The van der Waals surface area contributed by atoms with Crippen molar-refractivity contribution in [1.82, 2.24) is 0 Å². The van der Waals surface area contributed by atoms with Gasteiger partial charge in [-0.2, -0.15) is 0 Å². The molecule has 9 rings (SSSR count). The van der Waals surface area contributed by atoms with E-state index in [1.54, 1.807) is 0 Å². The van der Waals surface area contributed by atoms with E-state index in [1.807, 2.05) is 12.1 Å². The Hall–Kier alpha value is -6.06. The first-order valence-electron chi connectivity index (χ1n) is 17.6. The van der Waals surface area contributed by atoms with Gasteiger partial charge >= 0.3 is 0 Å². The molecule has 3 nitrogen and oxygen atoms in total. The number of benzene rings is 7. The van der Waals surface area contributed by atoms with E-state index in [0.717, 1.165) is 68.9 Å². The van der Waals surface area contributed by atoms with Gasteiger partial charge < -0.3 is 14.2 Å². The van der Waals surface area contributed by atoms with Crippen LogP contribution in [0.5, 0.6) is 0 Å². The number of anilines is 6. The van der Waals surface area contributed by atoms with Crippen LogP contribution < -0.4 is 9.80 Å². The molecule has 1 saturated carbocycles. The maximum Gasteiger partial charge on any atom is 0.135 e. The molecular formula is C47H38N2O. The lowest BCUT2D eigenvalue weighted by Crippen LogP contribution is -2.24. The van der Waals surface area contributed by atoms with E-state index in [2.05, 4.69) is 180 Å². The van der Waals surface area contributed by atoms with Crippen LogP contribution >= 0.6 is 0 Å². The third-order valence-corrected chi connectivity index (χ3v) is 10.5. The molecule has 0 N–H and O–H groups in total. The molecule has 0 radical (unpaired) electrons. The van der Waals surface area contributed by atoms with Gasteiger partial charge in [0.25, 0.3) is 0 Å². The number of fused-ring (bicyclic) bond motifs is 3. The van der Waals surface area contributed by atoms with Crippen LogP contribution in [-0.2, 0) is 5.41 Å². The van der Waals surface area contributed by atoms with E-state index in [1.165, 1.54) is 24.0 Å². The maximum absolute atomic E-state index is 6.17. The van der Waals surface area contributed by atoms with E-state index >= 15 is 0 Å². The molecule has 8 aromatic rings. The molecule has 242 valence electrons. The number of rotatable bonds is 8. The van der Waals surface area contributed by atoms with Crippen LogP contribution in [0.25, 0.3) is 21.9 Å². The molecule has 1 heterocycles. The lowest BCUT2D eigenvalue weighted by atomic mass is 9.73. The Labute approximate surface area is 293 Å². The van der Waals surface area contributed by atoms with Crippen LogP contribution in [0.2, 0.25) is 0 Å². The van der Waals surface area contributed by atoms with E-state index < -0.39 is 0 Å². The van der Waals surface area contributed by atoms with Crippen LogP contribution in [-0.4, -0.2) is 0 Å². The van der Waals surface area contributed by atoms with Crippen molar-refractivity contribution in [2.45, 2.75) is 31.1 Å². The van der Waals surface area contributed by atoms with E-state index in [0.29, 0.717) is 0 Å². The topological polar surface area (TPSA) is 19.6 Å². The van der Waals surface area contributed by atoms with Crippen molar-refractivity contribution in [1.29, 1.82) is 0 Å². The van der Waals surface area contributed by atoms with E-state index in [4.69, 9.17) is 4.42 Å². The Kier molecular flexibility index (Phi) is 7.66. The molecule has 0 spiro atoms. The van der Waals surface area contributed by atoms with Crippen molar-refractivity contribution in [3.8, 4) is 0 Å². The van der Waals surface area contributed by atoms with Crippen molar-refractivity contribution in [3.63, 3.8) is 0 Å². The maximum atomic E-state index is 6.17. The molecule has 0 amide bonds. The summed E-state index contributed by atoms with van der Waals surface area (Å²) in [6.45, 7) is 0. The average Bonchev–Trinajstić information content (AvgIpc) is 3.83. The van der Waals surface area contributed by atoms with Crippen LogP contribution in [0.1, 0.15) is 36.8 Å². The summed E-state index contributed by atoms with van der Waals surface area (Å²) >= 11 is 0. The van der Waals surface area contributed by atoms with Crippen molar-refractivity contribution in [2.75, 3.05) is 9.80 Å². The Morgan fingerprint density at radius 3 is 1.28 bits per heavy atom. The average molecular weight is 647 g/mol. The molecule has 0 unspecified atom stereocenters. The summed E-state index contributed by atoms with van der Waals surface area (Å²) in [5.74, 6) is 0. The van der Waals surface area contributed by atoms with Gasteiger partial charge in [-0.15, -0.1) is 0 Å². The van der Waals surface area contributed by atoms with Gasteiger partial charge in [-0.25, -0.2) is 0 Å². The smallest absolute Gasteiger partial charge is 0.135 e. The van der Waals surface area contributed by atoms with Crippen molar-refractivity contribution in [3.05, 3.63) is 193 Å². The molecule has 0 atom stereocenters. The van der Waals surface area contributed by atoms with Gasteiger partial charge in [-0.05, 0) is 109 Å². The Bertz CT molecular complexity index is 2320. The fourth-order valence-corrected chi connectivity index (χ4v) is 8.06. The highest BCUT2D eigenvalue weighted by Crippen LogP contribution is 2.48. The summed E-state index contributed by atoms with van der Waals surface area (Å²) < 4.78 is 6.17. The fraction of sp³-hybridized carbons (Fsp3) is 0.106. The first-order valence-corrected chi connectivity index (χ1v) is 17.6. The minimum atomic E-state index is -0.00637. The summed E-state index contributed by atoms with van der Waals surface area (Å²) in [6, 6.07) is 65.4.